The predicted molar refractivity (Wildman–Crippen MR) is 77.6 cm³/mol. The quantitative estimate of drug-likeness (QED) is 0.634. The van der Waals surface area contributed by atoms with Gasteiger partial charge in [-0.3, -0.25) is 0 Å². The fourth-order valence-corrected chi connectivity index (χ4v) is 2.66. The molecule has 0 aliphatic rings. The van der Waals surface area contributed by atoms with Gasteiger partial charge in [-0.1, -0.05) is 11.3 Å². The third-order valence-electron chi connectivity index (χ3n) is 2.73. The van der Waals surface area contributed by atoms with Gasteiger partial charge in [-0.2, -0.15) is 4.57 Å². The van der Waals surface area contributed by atoms with Crippen molar-refractivity contribution in [2.45, 2.75) is 26.7 Å². The average molecular weight is 340 g/mol. The van der Waals surface area contributed by atoms with Gasteiger partial charge in [-0.25, -0.2) is 9.97 Å². The first kappa shape index (κ1) is 14.0. The molecule has 0 bridgehead atoms. The third-order valence-corrected chi connectivity index (χ3v) is 3.88. The zero-order valence-electron chi connectivity index (χ0n) is 13.8. The van der Waals surface area contributed by atoms with Gasteiger partial charge in [0.1, 0.15) is 11.6 Å². The van der Waals surface area contributed by atoms with E-state index in [2.05, 4.69) is 9.97 Å². The highest BCUT2D eigenvalue weighted by atomic mass is 35.5. The van der Waals surface area contributed by atoms with Crippen LogP contribution in [0.25, 0.3) is 0 Å². The molecular formula is C12H18Cl2N4OS. The summed E-state index contributed by atoms with van der Waals surface area (Å²) in [6.45, 7) is 0.197. The average Bonchev–Trinajstić information content (AvgIpc) is 2.73. The van der Waals surface area contributed by atoms with Gasteiger partial charge >= 0.3 is 0 Å². The van der Waals surface area contributed by atoms with Gasteiger partial charge < -0.3 is 23.2 Å². The van der Waals surface area contributed by atoms with Crippen molar-refractivity contribution in [1.82, 2.24) is 9.97 Å². The lowest BCUT2D eigenvalue weighted by Crippen LogP contribution is -3.00. The van der Waals surface area contributed by atoms with Crippen LogP contribution in [0.2, 0.25) is 0 Å². The van der Waals surface area contributed by atoms with E-state index in [1.807, 2.05) is 17.0 Å². The first-order valence-electron chi connectivity index (χ1n) is 7.02. The second-order valence-electron chi connectivity index (χ2n) is 3.94. The van der Waals surface area contributed by atoms with Gasteiger partial charge in [-0.05, 0) is 6.85 Å². The molecule has 20 heavy (non-hydrogen) atoms. The molecule has 0 spiro atoms. The molecule has 2 rings (SSSR count). The summed E-state index contributed by atoms with van der Waals surface area (Å²) in [5.41, 5.74) is 9.49. The highest BCUT2D eigenvalue weighted by Crippen LogP contribution is 2.13. The van der Waals surface area contributed by atoms with Crippen molar-refractivity contribution in [3.63, 3.8) is 0 Å². The van der Waals surface area contributed by atoms with Crippen LogP contribution >= 0.6 is 23.7 Å². The van der Waals surface area contributed by atoms with Crippen LogP contribution in [0.5, 0.6) is 0 Å². The zero-order valence-corrected chi connectivity index (χ0v) is 13.2. The summed E-state index contributed by atoms with van der Waals surface area (Å²) in [5, 5.41) is 9.00. The maximum absolute atomic E-state index is 9.00. The number of aromatic nitrogens is 3. The number of nitrogens with two attached hydrogens (primary N) is 1. The van der Waals surface area contributed by atoms with Crippen molar-refractivity contribution < 1.29 is 26.2 Å². The Morgan fingerprint density at radius 1 is 1.55 bits per heavy atom. The summed E-state index contributed by atoms with van der Waals surface area (Å²) in [6, 6.07) is 0. The Balaban J connectivity index is 0.00000242. The number of rotatable bonds is 4. The zero-order chi connectivity index (χ0) is 15.6. The maximum Gasteiger partial charge on any atom is 0.225 e. The van der Waals surface area contributed by atoms with Crippen LogP contribution < -0.4 is 22.7 Å². The number of hydrogen-bond acceptors (Lipinski definition) is 5. The lowest BCUT2D eigenvalue weighted by Gasteiger charge is -2.01. The molecule has 0 saturated carbocycles. The second-order valence-corrected chi connectivity index (χ2v) is 4.88. The Labute approximate surface area is 138 Å². The Hall–Kier alpha value is -0.950. The molecule has 0 atom stereocenters. The van der Waals surface area contributed by atoms with E-state index in [9.17, 15) is 0 Å². The van der Waals surface area contributed by atoms with Gasteiger partial charge in [0, 0.05) is 30.3 Å². The Bertz CT molecular complexity index is 652. The molecule has 0 radical (unpaired) electrons. The van der Waals surface area contributed by atoms with E-state index in [1.165, 1.54) is 6.20 Å². The topological polar surface area (TPSA) is 75.9 Å². The molecule has 2 aromatic heterocycles. The molecule has 0 aliphatic heterocycles. The Kier molecular flexibility index (Phi) is 5.86. The summed E-state index contributed by atoms with van der Waals surface area (Å²) in [7, 11) is 0. The number of aryl methyl sites for hydroxylation is 1. The maximum atomic E-state index is 9.00. The van der Waals surface area contributed by atoms with E-state index in [0.717, 1.165) is 10.6 Å². The van der Waals surface area contributed by atoms with Gasteiger partial charge in [0.15, 0.2) is 12.2 Å². The SMILES string of the molecule is Cl.[2H]C([2H])([2H])c1ncc(C[n+]2csc(CCO)c2C)c(N)n1.[Cl-]. The highest BCUT2D eigenvalue weighted by molar-refractivity contribution is 7.09. The lowest BCUT2D eigenvalue weighted by atomic mass is 10.2. The van der Waals surface area contributed by atoms with Gasteiger partial charge in [0.25, 0.3) is 0 Å². The summed E-state index contributed by atoms with van der Waals surface area (Å²) in [5.74, 6) is -0.0605. The summed E-state index contributed by atoms with van der Waals surface area (Å²) in [6.07, 6.45) is 2.08. The molecule has 112 valence electrons. The molecule has 3 N–H and O–H groups in total. The van der Waals surface area contributed by atoms with Crippen LogP contribution in [0.3, 0.4) is 0 Å². The van der Waals surface area contributed by atoms with Gasteiger partial charge in [0.05, 0.1) is 10.4 Å². The van der Waals surface area contributed by atoms with Crippen LogP contribution in [0.1, 0.15) is 26.1 Å². The number of thiazole rings is 1. The van der Waals surface area contributed by atoms with Crippen LogP contribution in [-0.2, 0) is 13.0 Å². The summed E-state index contributed by atoms with van der Waals surface area (Å²) < 4.78 is 23.8. The number of nitrogen functional groups attached to an aromatic ring is 1. The molecule has 2 aromatic rings. The minimum absolute atomic E-state index is 0. The minimum atomic E-state index is -2.35. The highest BCUT2D eigenvalue weighted by Gasteiger charge is 2.16. The van der Waals surface area contributed by atoms with E-state index >= 15 is 0 Å². The van der Waals surface area contributed by atoms with Crippen LogP contribution in [0.4, 0.5) is 5.82 Å². The largest absolute Gasteiger partial charge is 1.00 e. The molecule has 0 fully saturated rings. The fraction of sp³-hybridized carbons (Fsp3) is 0.417. The molecule has 0 saturated heterocycles. The minimum Gasteiger partial charge on any atom is -1.00 e. The lowest BCUT2D eigenvalue weighted by molar-refractivity contribution is -0.689. The number of halogens is 2. The number of hydrogen-bond donors (Lipinski definition) is 2. The first-order chi connectivity index (χ1) is 9.82. The van der Waals surface area contributed by atoms with E-state index < -0.39 is 6.85 Å². The van der Waals surface area contributed by atoms with E-state index in [4.69, 9.17) is 15.0 Å². The van der Waals surface area contributed by atoms with Crippen LogP contribution in [-0.4, -0.2) is 21.7 Å². The van der Waals surface area contributed by atoms with Crippen molar-refractivity contribution in [2.24, 2.45) is 0 Å². The van der Waals surface area contributed by atoms with Crippen molar-refractivity contribution in [1.29, 1.82) is 0 Å². The summed E-state index contributed by atoms with van der Waals surface area (Å²) >= 11 is 1.56. The van der Waals surface area contributed by atoms with E-state index in [1.54, 1.807) is 11.3 Å². The third kappa shape index (κ3) is 4.28. The molecule has 0 amide bonds. The number of anilines is 1. The van der Waals surface area contributed by atoms with Crippen molar-refractivity contribution in [2.75, 3.05) is 12.3 Å². The molecule has 5 nitrogen and oxygen atoms in total. The Morgan fingerprint density at radius 2 is 2.30 bits per heavy atom. The summed E-state index contributed by atoms with van der Waals surface area (Å²) in [4.78, 5) is 8.85. The van der Waals surface area contributed by atoms with Gasteiger partial charge in [-0.15, -0.1) is 12.4 Å². The monoisotopic (exact) mass is 339 g/mol. The molecule has 8 heteroatoms. The molecule has 2 heterocycles. The predicted octanol–water partition coefficient (Wildman–Crippen LogP) is -1.97. The van der Waals surface area contributed by atoms with E-state index in [-0.39, 0.29) is 43.1 Å². The normalized spacial score (nSPS) is 12.6. The van der Waals surface area contributed by atoms with Crippen molar-refractivity contribution in [3.8, 4) is 0 Å². The molecule has 0 aliphatic carbocycles. The van der Waals surface area contributed by atoms with Crippen LogP contribution in [0.15, 0.2) is 11.7 Å². The molecular weight excluding hydrogens is 319 g/mol. The smallest absolute Gasteiger partial charge is 0.225 e. The molecule has 0 aromatic carbocycles. The van der Waals surface area contributed by atoms with Crippen LogP contribution in [0, 0.1) is 13.8 Å². The first-order valence-corrected chi connectivity index (χ1v) is 6.40. The Morgan fingerprint density at radius 3 is 2.90 bits per heavy atom. The molecule has 0 unspecified atom stereocenters. The number of aliphatic hydroxyl groups excluding tert-OH is 1. The van der Waals surface area contributed by atoms with Gasteiger partial charge in [0.2, 0.25) is 5.51 Å². The second kappa shape index (κ2) is 8.36. The standard InChI is InChI=1S/C12H17N4OS.2ClH/c1-8-11(3-4-17)18-7-16(8)6-10-5-14-9(2)15-12(10)13;;/h5,7,17H,3-4,6H2,1-2H3,(H2,13,14,15);2*1H/q+1;;/p-1/i2D3;;. The van der Waals surface area contributed by atoms with Crippen molar-refractivity contribution >= 4 is 29.6 Å². The number of nitrogens with zero attached hydrogens (tertiary/aromatic N) is 3. The van der Waals surface area contributed by atoms with E-state index in [0.29, 0.717) is 18.5 Å². The van der Waals surface area contributed by atoms with Crippen molar-refractivity contribution in [3.05, 3.63) is 33.7 Å². The number of aliphatic hydroxyl groups is 1. The fourth-order valence-electron chi connectivity index (χ4n) is 1.67.